The van der Waals surface area contributed by atoms with Crippen molar-refractivity contribution in [3.63, 3.8) is 0 Å². The summed E-state index contributed by atoms with van der Waals surface area (Å²) in [5.41, 5.74) is 2.05. The molecule has 1 saturated heterocycles. The molecule has 6 nitrogen and oxygen atoms in total. The summed E-state index contributed by atoms with van der Waals surface area (Å²) in [5, 5.41) is 14.8. The summed E-state index contributed by atoms with van der Waals surface area (Å²) >= 11 is 1.63. The van der Waals surface area contributed by atoms with E-state index in [-0.39, 0.29) is 29.1 Å². The van der Waals surface area contributed by atoms with Crippen LogP contribution in [0.3, 0.4) is 0 Å². The van der Waals surface area contributed by atoms with Gasteiger partial charge in [0.25, 0.3) is 5.69 Å². The number of nitro benzene ring substituents is 1. The number of rotatable bonds is 5. The zero-order valence-corrected chi connectivity index (χ0v) is 16.8. The van der Waals surface area contributed by atoms with Gasteiger partial charge in [-0.05, 0) is 29.8 Å². The van der Waals surface area contributed by atoms with E-state index in [4.69, 9.17) is 0 Å². The number of para-hydroxylation sites is 1. The number of piperazine rings is 1. The molecule has 1 aliphatic heterocycles. The van der Waals surface area contributed by atoms with E-state index in [1.165, 1.54) is 10.4 Å². The molecule has 0 amide bonds. The molecule has 0 radical (unpaired) electrons. The van der Waals surface area contributed by atoms with Crippen LogP contribution in [-0.4, -0.2) is 34.4 Å². The maximum absolute atomic E-state index is 11.3. The normalized spacial score (nSPS) is 17.1. The molecule has 0 saturated carbocycles. The maximum Gasteiger partial charge on any atom is 0.278 e. The fourth-order valence-corrected chi connectivity index (χ4v) is 4.55. The van der Waals surface area contributed by atoms with Crippen molar-refractivity contribution in [2.45, 2.75) is 12.6 Å². The van der Waals surface area contributed by atoms with Crippen LogP contribution in [0.25, 0.3) is 10.4 Å². The van der Waals surface area contributed by atoms with Gasteiger partial charge >= 0.3 is 0 Å². The summed E-state index contributed by atoms with van der Waals surface area (Å²) in [6, 6.07) is 15.4. The lowest BCUT2D eigenvalue weighted by Crippen LogP contribution is -2.45. The maximum atomic E-state index is 11.3. The molecule has 1 aliphatic rings. The Labute approximate surface area is 173 Å². The van der Waals surface area contributed by atoms with Gasteiger partial charge in [-0.1, -0.05) is 18.2 Å². The van der Waals surface area contributed by atoms with Crippen LogP contribution < -0.4 is 5.32 Å². The van der Waals surface area contributed by atoms with E-state index < -0.39 is 0 Å². The molecule has 146 valence electrons. The van der Waals surface area contributed by atoms with Gasteiger partial charge < -0.3 is 5.32 Å². The second-order valence-corrected chi connectivity index (χ2v) is 7.69. The molecule has 28 heavy (non-hydrogen) atoms. The van der Waals surface area contributed by atoms with Crippen LogP contribution in [0.5, 0.6) is 0 Å². The number of thiophene rings is 1. The highest BCUT2D eigenvalue weighted by Crippen LogP contribution is 2.35. The Kier molecular flexibility index (Phi) is 6.74. The van der Waals surface area contributed by atoms with Crippen LogP contribution in [-0.2, 0) is 6.54 Å². The Bertz CT molecular complexity index is 935. The third-order valence-corrected chi connectivity index (χ3v) is 5.91. The van der Waals surface area contributed by atoms with Crippen LogP contribution in [0, 0.1) is 10.1 Å². The third kappa shape index (κ3) is 4.39. The zero-order valence-electron chi connectivity index (χ0n) is 15.2. The lowest BCUT2D eigenvalue weighted by Gasteiger charge is -2.36. The number of benzene rings is 1. The van der Waals surface area contributed by atoms with Gasteiger partial charge in [-0.15, -0.1) is 23.7 Å². The molecule has 0 aliphatic carbocycles. The first-order chi connectivity index (χ1) is 13.2. The Morgan fingerprint density at radius 3 is 2.86 bits per heavy atom. The number of hydrogen-bond donors (Lipinski definition) is 1. The lowest BCUT2D eigenvalue weighted by molar-refractivity contribution is -0.384. The average molecular weight is 417 g/mol. The molecule has 3 aromatic rings. The highest BCUT2D eigenvalue weighted by atomic mass is 35.5. The standard InChI is InChI=1S/C20H20N4O2S.ClH/c25-24(26)18-6-2-1-5-17(18)20-8-7-16(27-20)14-23-11-10-22-13-19(23)15-4-3-9-21-12-15;/h1-9,12,19,22H,10-11,13-14H2;1H. The van der Waals surface area contributed by atoms with Gasteiger partial charge in [-0.2, -0.15) is 0 Å². The summed E-state index contributed by atoms with van der Waals surface area (Å²) in [6.07, 6.45) is 3.72. The fraction of sp³-hybridized carbons (Fsp3) is 0.250. The first-order valence-corrected chi connectivity index (χ1v) is 9.71. The van der Waals surface area contributed by atoms with Gasteiger partial charge in [0.05, 0.1) is 10.5 Å². The lowest BCUT2D eigenvalue weighted by atomic mass is 10.1. The van der Waals surface area contributed by atoms with Crippen molar-refractivity contribution >= 4 is 29.4 Å². The van der Waals surface area contributed by atoms with Gasteiger partial charge in [-0.3, -0.25) is 20.0 Å². The SMILES string of the molecule is Cl.O=[N+]([O-])c1ccccc1-c1ccc(CN2CCNCC2c2cccnc2)s1. The quantitative estimate of drug-likeness (QED) is 0.496. The Morgan fingerprint density at radius 2 is 2.07 bits per heavy atom. The summed E-state index contributed by atoms with van der Waals surface area (Å²) in [4.78, 5) is 19.8. The van der Waals surface area contributed by atoms with Crippen LogP contribution in [0.2, 0.25) is 0 Å². The number of nitro groups is 1. The van der Waals surface area contributed by atoms with Crippen molar-refractivity contribution in [3.05, 3.63) is 81.5 Å². The highest BCUT2D eigenvalue weighted by molar-refractivity contribution is 7.15. The smallest absolute Gasteiger partial charge is 0.278 e. The molecule has 4 rings (SSSR count). The average Bonchev–Trinajstić information content (AvgIpc) is 3.17. The number of nitrogens with one attached hydrogen (secondary N) is 1. The molecule has 2 aromatic heterocycles. The molecule has 1 atom stereocenters. The first-order valence-electron chi connectivity index (χ1n) is 8.89. The van der Waals surface area contributed by atoms with Crippen LogP contribution in [0.1, 0.15) is 16.5 Å². The van der Waals surface area contributed by atoms with E-state index in [0.717, 1.165) is 31.1 Å². The number of halogens is 1. The molecule has 3 heterocycles. The molecule has 1 unspecified atom stereocenters. The monoisotopic (exact) mass is 416 g/mol. The Hall–Kier alpha value is -2.32. The van der Waals surface area contributed by atoms with Gasteiger partial charge in [0.1, 0.15) is 0 Å². The summed E-state index contributed by atoms with van der Waals surface area (Å²) in [5.74, 6) is 0. The predicted molar refractivity (Wildman–Crippen MR) is 114 cm³/mol. The number of pyridine rings is 1. The summed E-state index contributed by atoms with van der Waals surface area (Å²) in [6.45, 7) is 3.64. The van der Waals surface area contributed by atoms with Crippen LogP contribution in [0.15, 0.2) is 60.9 Å². The number of hydrogen-bond acceptors (Lipinski definition) is 6. The van der Waals surface area contributed by atoms with Crippen LogP contribution in [0.4, 0.5) is 5.69 Å². The Morgan fingerprint density at radius 1 is 1.21 bits per heavy atom. The minimum atomic E-state index is -0.316. The first kappa shape index (κ1) is 20.4. The number of aromatic nitrogens is 1. The third-order valence-electron chi connectivity index (χ3n) is 4.81. The predicted octanol–water partition coefficient (Wildman–Crippen LogP) is 4.29. The molecular formula is C20H21ClN4O2S. The minimum Gasteiger partial charge on any atom is -0.314 e. The van der Waals surface area contributed by atoms with Gasteiger partial charge in [0, 0.05) is 60.4 Å². The molecule has 1 aromatic carbocycles. The van der Waals surface area contributed by atoms with Crippen molar-refractivity contribution in [1.29, 1.82) is 0 Å². The second-order valence-electron chi connectivity index (χ2n) is 6.52. The fourth-order valence-electron chi connectivity index (χ4n) is 3.49. The Balaban J connectivity index is 0.00000225. The van der Waals surface area contributed by atoms with Crippen LogP contribution >= 0.6 is 23.7 Å². The highest BCUT2D eigenvalue weighted by Gasteiger charge is 2.25. The van der Waals surface area contributed by atoms with E-state index >= 15 is 0 Å². The molecule has 8 heteroatoms. The largest absolute Gasteiger partial charge is 0.314 e. The molecular weight excluding hydrogens is 396 g/mol. The van der Waals surface area contributed by atoms with E-state index in [0.29, 0.717) is 5.56 Å². The van der Waals surface area contributed by atoms with E-state index in [2.05, 4.69) is 27.3 Å². The molecule has 0 spiro atoms. The topological polar surface area (TPSA) is 71.3 Å². The van der Waals surface area contributed by atoms with E-state index in [1.54, 1.807) is 29.7 Å². The van der Waals surface area contributed by atoms with E-state index in [9.17, 15) is 10.1 Å². The van der Waals surface area contributed by atoms with Gasteiger partial charge in [0.2, 0.25) is 0 Å². The van der Waals surface area contributed by atoms with Gasteiger partial charge in [-0.25, -0.2) is 0 Å². The summed E-state index contributed by atoms with van der Waals surface area (Å²) < 4.78 is 0. The second kappa shape index (κ2) is 9.25. The van der Waals surface area contributed by atoms with Crippen molar-refractivity contribution in [1.82, 2.24) is 15.2 Å². The number of nitrogens with zero attached hydrogens (tertiary/aromatic N) is 3. The van der Waals surface area contributed by atoms with Crippen molar-refractivity contribution in [3.8, 4) is 10.4 Å². The minimum absolute atomic E-state index is 0. The molecule has 1 fully saturated rings. The van der Waals surface area contributed by atoms with E-state index in [1.807, 2.05) is 30.5 Å². The molecule has 1 N–H and O–H groups in total. The molecule has 0 bridgehead atoms. The van der Waals surface area contributed by atoms with Gasteiger partial charge in [0.15, 0.2) is 0 Å². The van der Waals surface area contributed by atoms with Crippen molar-refractivity contribution in [2.75, 3.05) is 19.6 Å². The zero-order chi connectivity index (χ0) is 18.6. The summed E-state index contributed by atoms with van der Waals surface area (Å²) in [7, 11) is 0. The van der Waals surface area contributed by atoms with Crippen molar-refractivity contribution < 1.29 is 4.92 Å². The van der Waals surface area contributed by atoms with Crippen molar-refractivity contribution in [2.24, 2.45) is 0 Å².